The van der Waals surface area contributed by atoms with Gasteiger partial charge in [-0.15, -0.1) is 11.3 Å². The molecule has 3 aromatic rings. The van der Waals surface area contributed by atoms with Crippen molar-refractivity contribution in [2.75, 3.05) is 7.05 Å². The SMILES string of the molecule is Cc1nonc1C(=O)N(C)Cc1csc(-c2ccccc2)n1. The van der Waals surface area contributed by atoms with Gasteiger partial charge in [-0.3, -0.25) is 4.79 Å². The maximum Gasteiger partial charge on any atom is 0.278 e. The summed E-state index contributed by atoms with van der Waals surface area (Å²) in [5, 5.41) is 10.2. The van der Waals surface area contributed by atoms with Crippen LogP contribution in [0.3, 0.4) is 0 Å². The molecular weight excluding hydrogens is 300 g/mol. The molecule has 0 fully saturated rings. The number of aryl methyl sites for hydroxylation is 1. The topological polar surface area (TPSA) is 72.1 Å². The van der Waals surface area contributed by atoms with Gasteiger partial charge >= 0.3 is 0 Å². The second-order valence-electron chi connectivity index (χ2n) is 4.87. The number of nitrogens with zero attached hydrogens (tertiary/aromatic N) is 4. The summed E-state index contributed by atoms with van der Waals surface area (Å²) in [5.41, 5.74) is 2.64. The van der Waals surface area contributed by atoms with E-state index >= 15 is 0 Å². The summed E-state index contributed by atoms with van der Waals surface area (Å²) in [4.78, 5) is 18.4. The Kier molecular flexibility index (Phi) is 3.97. The summed E-state index contributed by atoms with van der Waals surface area (Å²) < 4.78 is 4.57. The lowest BCUT2D eigenvalue weighted by Crippen LogP contribution is -2.27. The molecule has 22 heavy (non-hydrogen) atoms. The van der Waals surface area contributed by atoms with Crippen LogP contribution in [0.4, 0.5) is 0 Å². The van der Waals surface area contributed by atoms with Crippen molar-refractivity contribution in [3.05, 3.63) is 52.8 Å². The zero-order valence-electron chi connectivity index (χ0n) is 12.2. The number of carbonyl (C=O) groups is 1. The number of aromatic nitrogens is 3. The zero-order valence-corrected chi connectivity index (χ0v) is 13.0. The van der Waals surface area contributed by atoms with Gasteiger partial charge in [0.1, 0.15) is 10.7 Å². The average molecular weight is 314 g/mol. The Balaban J connectivity index is 1.73. The van der Waals surface area contributed by atoms with E-state index in [9.17, 15) is 4.79 Å². The fourth-order valence-electron chi connectivity index (χ4n) is 2.01. The molecule has 6 nitrogen and oxygen atoms in total. The van der Waals surface area contributed by atoms with E-state index in [1.54, 1.807) is 30.2 Å². The Morgan fingerprint density at radius 3 is 2.73 bits per heavy atom. The summed E-state index contributed by atoms with van der Waals surface area (Å²) in [6.07, 6.45) is 0. The van der Waals surface area contributed by atoms with Gasteiger partial charge in [-0.1, -0.05) is 35.5 Å². The van der Waals surface area contributed by atoms with Gasteiger partial charge in [-0.2, -0.15) is 0 Å². The van der Waals surface area contributed by atoms with Crippen molar-refractivity contribution in [3.8, 4) is 10.6 Å². The summed E-state index contributed by atoms with van der Waals surface area (Å²) in [6.45, 7) is 2.10. The van der Waals surface area contributed by atoms with E-state index in [0.717, 1.165) is 16.3 Å². The molecule has 0 aliphatic rings. The van der Waals surface area contributed by atoms with Crippen LogP contribution in [-0.4, -0.2) is 33.2 Å². The first kappa shape index (κ1) is 14.4. The van der Waals surface area contributed by atoms with Crippen LogP contribution in [-0.2, 0) is 6.54 Å². The fourth-order valence-corrected chi connectivity index (χ4v) is 2.83. The highest BCUT2D eigenvalue weighted by Gasteiger charge is 2.20. The molecule has 0 N–H and O–H groups in total. The minimum Gasteiger partial charge on any atom is -0.334 e. The molecule has 0 bridgehead atoms. The number of thiazole rings is 1. The molecular formula is C15H14N4O2S. The number of benzene rings is 1. The predicted molar refractivity (Wildman–Crippen MR) is 82.4 cm³/mol. The van der Waals surface area contributed by atoms with Crippen LogP contribution >= 0.6 is 11.3 Å². The lowest BCUT2D eigenvalue weighted by atomic mass is 10.2. The largest absolute Gasteiger partial charge is 0.334 e. The molecule has 0 atom stereocenters. The molecule has 1 amide bonds. The van der Waals surface area contributed by atoms with Crippen molar-refractivity contribution in [3.63, 3.8) is 0 Å². The Morgan fingerprint density at radius 1 is 1.27 bits per heavy atom. The van der Waals surface area contributed by atoms with E-state index < -0.39 is 0 Å². The van der Waals surface area contributed by atoms with Crippen LogP contribution in [0.1, 0.15) is 21.9 Å². The van der Waals surface area contributed by atoms with E-state index in [1.807, 2.05) is 35.7 Å². The summed E-state index contributed by atoms with van der Waals surface area (Å²) in [7, 11) is 1.71. The molecule has 1 aromatic carbocycles. The fraction of sp³-hybridized carbons (Fsp3) is 0.200. The number of rotatable bonds is 4. The zero-order chi connectivity index (χ0) is 15.5. The number of amides is 1. The Bertz CT molecular complexity index is 782. The van der Waals surface area contributed by atoms with Crippen molar-refractivity contribution >= 4 is 17.2 Å². The van der Waals surface area contributed by atoms with Crippen LogP contribution in [0.5, 0.6) is 0 Å². The quantitative estimate of drug-likeness (QED) is 0.740. The van der Waals surface area contributed by atoms with E-state index in [-0.39, 0.29) is 11.6 Å². The molecule has 112 valence electrons. The first-order valence-corrected chi connectivity index (χ1v) is 7.57. The highest BCUT2D eigenvalue weighted by atomic mass is 32.1. The molecule has 0 saturated heterocycles. The van der Waals surface area contributed by atoms with Crippen LogP contribution in [0.15, 0.2) is 40.3 Å². The maximum absolute atomic E-state index is 12.2. The number of hydrogen-bond acceptors (Lipinski definition) is 6. The van der Waals surface area contributed by atoms with Crippen LogP contribution < -0.4 is 0 Å². The average Bonchev–Trinajstić information content (AvgIpc) is 3.16. The van der Waals surface area contributed by atoms with Crippen LogP contribution in [0.25, 0.3) is 10.6 Å². The Hall–Kier alpha value is -2.54. The van der Waals surface area contributed by atoms with E-state index in [0.29, 0.717) is 12.2 Å². The predicted octanol–water partition coefficient (Wildman–Crippen LogP) is 2.77. The second-order valence-corrected chi connectivity index (χ2v) is 5.73. The minimum atomic E-state index is -0.229. The monoisotopic (exact) mass is 314 g/mol. The first-order valence-electron chi connectivity index (χ1n) is 6.69. The summed E-state index contributed by atoms with van der Waals surface area (Å²) in [6, 6.07) is 9.96. The standard InChI is InChI=1S/C15H14N4O2S/c1-10-13(18-21-17-10)15(20)19(2)8-12-9-22-14(16-12)11-6-4-3-5-7-11/h3-7,9H,8H2,1-2H3. The normalized spacial score (nSPS) is 10.6. The molecule has 0 saturated carbocycles. The van der Waals surface area contributed by atoms with Gasteiger partial charge in [0.05, 0.1) is 12.2 Å². The van der Waals surface area contributed by atoms with Gasteiger partial charge in [-0.05, 0) is 12.1 Å². The van der Waals surface area contributed by atoms with Gasteiger partial charge < -0.3 is 4.90 Å². The van der Waals surface area contributed by atoms with Crippen LogP contribution in [0, 0.1) is 6.92 Å². The first-order chi connectivity index (χ1) is 10.6. The summed E-state index contributed by atoms with van der Waals surface area (Å²) >= 11 is 1.56. The number of carbonyl (C=O) groups excluding carboxylic acids is 1. The minimum absolute atomic E-state index is 0.229. The molecule has 0 spiro atoms. The molecule has 0 unspecified atom stereocenters. The smallest absolute Gasteiger partial charge is 0.278 e. The van der Waals surface area contributed by atoms with Crippen molar-refractivity contribution in [1.29, 1.82) is 0 Å². The van der Waals surface area contributed by atoms with Gasteiger partial charge in [0.2, 0.25) is 0 Å². The highest BCUT2D eigenvalue weighted by molar-refractivity contribution is 7.13. The third-order valence-corrected chi connectivity index (χ3v) is 4.11. The Labute approximate surface area is 131 Å². The van der Waals surface area contributed by atoms with Crippen molar-refractivity contribution in [1.82, 2.24) is 20.2 Å². The molecule has 3 rings (SSSR count). The van der Waals surface area contributed by atoms with Crippen molar-refractivity contribution < 1.29 is 9.42 Å². The second kappa shape index (κ2) is 6.07. The molecule has 0 aliphatic heterocycles. The third-order valence-electron chi connectivity index (χ3n) is 3.17. The van der Waals surface area contributed by atoms with Gasteiger partial charge in [0, 0.05) is 18.0 Å². The maximum atomic E-state index is 12.2. The molecule has 2 aromatic heterocycles. The molecule has 0 radical (unpaired) electrons. The van der Waals surface area contributed by atoms with Crippen LogP contribution in [0.2, 0.25) is 0 Å². The molecule has 2 heterocycles. The van der Waals surface area contributed by atoms with E-state index in [2.05, 4.69) is 19.9 Å². The lowest BCUT2D eigenvalue weighted by Gasteiger charge is -2.13. The number of hydrogen-bond donors (Lipinski definition) is 0. The van der Waals surface area contributed by atoms with Crippen molar-refractivity contribution in [2.24, 2.45) is 0 Å². The van der Waals surface area contributed by atoms with Gasteiger partial charge in [-0.25, -0.2) is 9.61 Å². The van der Waals surface area contributed by atoms with E-state index in [1.165, 1.54) is 0 Å². The van der Waals surface area contributed by atoms with E-state index in [4.69, 9.17) is 0 Å². The third kappa shape index (κ3) is 2.89. The highest BCUT2D eigenvalue weighted by Crippen LogP contribution is 2.23. The van der Waals surface area contributed by atoms with Gasteiger partial charge in [0.25, 0.3) is 5.91 Å². The van der Waals surface area contributed by atoms with Gasteiger partial charge in [0.15, 0.2) is 5.69 Å². The summed E-state index contributed by atoms with van der Waals surface area (Å²) in [5.74, 6) is -0.229. The Morgan fingerprint density at radius 2 is 2.05 bits per heavy atom. The molecule has 0 aliphatic carbocycles. The van der Waals surface area contributed by atoms with Crippen molar-refractivity contribution in [2.45, 2.75) is 13.5 Å². The molecule has 7 heteroatoms. The lowest BCUT2D eigenvalue weighted by molar-refractivity contribution is 0.0772.